The van der Waals surface area contributed by atoms with Crippen molar-refractivity contribution in [3.63, 3.8) is 0 Å². The number of ether oxygens (including phenoxy) is 4. The first-order valence-corrected chi connectivity index (χ1v) is 17.8. The van der Waals surface area contributed by atoms with E-state index in [1.165, 1.54) is 6.92 Å². The monoisotopic (exact) mass is 737 g/mol. The predicted octanol–water partition coefficient (Wildman–Crippen LogP) is -1.46. The highest BCUT2D eigenvalue weighted by Gasteiger charge is 2.75. The molecule has 23 heteroatoms. The molecule has 3 aliphatic rings. The minimum atomic E-state index is -5.49. The molecule has 3 rings (SSSR count). The second-order valence-electron chi connectivity index (χ2n) is 13.4. The molecule has 10 atom stereocenters. The Hall–Kier alpha value is -2.03. The number of piperazine rings is 1. The van der Waals surface area contributed by atoms with Crippen molar-refractivity contribution in [2.24, 2.45) is 10.7 Å². The zero-order valence-corrected chi connectivity index (χ0v) is 29.6. The van der Waals surface area contributed by atoms with Gasteiger partial charge in [-0.1, -0.05) is 13.8 Å². The van der Waals surface area contributed by atoms with Crippen molar-refractivity contribution in [2.75, 3.05) is 39.8 Å². The summed E-state index contributed by atoms with van der Waals surface area (Å²) in [4.78, 5) is 14.2. The molecule has 3 aliphatic heterocycles. The van der Waals surface area contributed by atoms with E-state index < -0.39 is 83.7 Å². The van der Waals surface area contributed by atoms with E-state index in [9.17, 15) is 51.3 Å². The van der Waals surface area contributed by atoms with Gasteiger partial charge in [-0.3, -0.25) is 14.0 Å². The highest BCUT2D eigenvalue weighted by atomic mass is 32.2. The van der Waals surface area contributed by atoms with E-state index >= 15 is 0 Å². The van der Waals surface area contributed by atoms with E-state index in [0.717, 1.165) is 46.7 Å². The number of hydrogen-bond acceptors (Lipinski definition) is 14. The van der Waals surface area contributed by atoms with E-state index in [4.69, 9.17) is 24.2 Å². The first kappa shape index (κ1) is 40.4. The van der Waals surface area contributed by atoms with Gasteiger partial charge >= 0.3 is 16.3 Å². The zero-order chi connectivity index (χ0) is 37.1. The molecule has 10 unspecified atom stereocenters. The van der Waals surface area contributed by atoms with Crippen LogP contribution in [0.1, 0.15) is 54.9 Å². The van der Waals surface area contributed by atoms with Crippen LogP contribution >= 0.6 is 0 Å². The molecule has 280 valence electrons. The van der Waals surface area contributed by atoms with Crippen molar-refractivity contribution in [3.8, 4) is 0 Å². The molecule has 0 radical (unpaired) electrons. The maximum absolute atomic E-state index is 13.4. The van der Waals surface area contributed by atoms with E-state index in [-0.39, 0.29) is 44.1 Å². The molecule has 7 N–H and O–H groups in total. The summed E-state index contributed by atoms with van der Waals surface area (Å²) in [6.45, 7) is 8.36. The average molecular weight is 738 g/mol. The number of hydrazine groups is 1. The normalized spacial score (nSPS) is 43.7. The molecule has 0 spiro atoms. The fourth-order valence-electron chi connectivity index (χ4n) is 7.08. The van der Waals surface area contributed by atoms with Gasteiger partial charge in [0.15, 0.2) is 17.7 Å². The minimum Gasteiger partial charge on any atom is -0.569 e. The largest absolute Gasteiger partial charge is 0.569 e. The van der Waals surface area contributed by atoms with Crippen LogP contribution in [0.3, 0.4) is 0 Å². The number of carboxylic acids is 1. The van der Waals surface area contributed by atoms with Gasteiger partial charge in [-0.25, -0.2) is 4.79 Å². The van der Waals surface area contributed by atoms with Gasteiger partial charge in [0, 0.05) is 32.2 Å². The van der Waals surface area contributed by atoms with Crippen LogP contribution in [0.2, 0.25) is 0 Å². The van der Waals surface area contributed by atoms with Gasteiger partial charge < -0.3 is 44.7 Å². The molecule has 21 nitrogen and oxygen atoms in total. The lowest BCUT2D eigenvalue weighted by atomic mass is 9.57. The molecule has 0 saturated carbocycles. The molecular formula is C25H47N5O16S2. The van der Waals surface area contributed by atoms with Crippen LogP contribution in [0.5, 0.6) is 0 Å². The Morgan fingerprint density at radius 1 is 1.02 bits per heavy atom. The van der Waals surface area contributed by atoms with Crippen molar-refractivity contribution >= 4 is 26.4 Å². The lowest BCUT2D eigenvalue weighted by Gasteiger charge is -2.65. The molecule has 0 aromatic heterocycles. The molecule has 3 fully saturated rings. The van der Waals surface area contributed by atoms with E-state index in [1.54, 1.807) is 16.5 Å². The summed E-state index contributed by atoms with van der Waals surface area (Å²) in [6, 6.07) is -2.17. The van der Waals surface area contributed by atoms with Crippen LogP contribution in [0.15, 0.2) is 5.28 Å². The van der Waals surface area contributed by atoms with Gasteiger partial charge in [-0.2, -0.15) is 21.6 Å². The molecule has 0 aromatic rings. The Morgan fingerprint density at radius 3 is 1.98 bits per heavy atom. The fraction of sp³-hybridized carbons (Fsp3) is 0.960. The second-order valence-corrected chi connectivity index (χ2v) is 16.1. The van der Waals surface area contributed by atoms with Gasteiger partial charge in [0.1, 0.15) is 28.2 Å². The van der Waals surface area contributed by atoms with Crippen molar-refractivity contribution in [1.29, 1.82) is 0 Å². The van der Waals surface area contributed by atoms with E-state index in [0.29, 0.717) is 0 Å². The predicted molar refractivity (Wildman–Crippen MR) is 160 cm³/mol. The van der Waals surface area contributed by atoms with Crippen molar-refractivity contribution in [2.45, 2.75) is 107 Å². The molecule has 0 aliphatic carbocycles. The molecule has 48 heavy (non-hydrogen) atoms. The maximum Gasteiger partial charge on any atom is 0.333 e. The number of carboxylic acid groups (broad SMARTS) is 1. The number of carbonyl (C=O) groups is 1. The first-order chi connectivity index (χ1) is 21.6. The van der Waals surface area contributed by atoms with Gasteiger partial charge in [-0.15, -0.1) is 5.01 Å². The third kappa shape index (κ3) is 6.71. The Morgan fingerprint density at radius 2 is 1.56 bits per heavy atom. The second kappa shape index (κ2) is 12.9. The van der Waals surface area contributed by atoms with E-state index in [2.05, 4.69) is 5.28 Å². The zero-order valence-electron chi connectivity index (χ0n) is 27.9. The minimum absolute atomic E-state index is 0.0162. The summed E-state index contributed by atoms with van der Waals surface area (Å²) in [6.07, 6.45) is -3.47. The standard InChI is InChI=1S/C25H47N5O16S2/c1-9-20(2)17(19(31)32)45-25(7,24(6,34)23(20,5)33)46-21(3)15(14-28-10-12-29(13-11-28)30(36)27-35)44-22(4,43-8)16(26-48(40,41)42)18(21)47(37,38)39/h15-18,26,33-35H,9-14H2,1-8H3,(H,31,32)(H,37,38,39)(H,40,41,42)/b30-27-. The number of aliphatic hydroxyl groups is 2. The van der Waals surface area contributed by atoms with Crippen molar-refractivity contribution < 1.29 is 75.2 Å². The Balaban J connectivity index is 2.27. The topological polar surface area (TPSA) is 301 Å². The van der Waals surface area contributed by atoms with Crippen molar-refractivity contribution in [3.05, 3.63) is 5.21 Å². The van der Waals surface area contributed by atoms with Crippen molar-refractivity contribution in [1.82, 2.24) is 14.6 Å². The van der Waals surface area contributed by atoms with Crippen LogP contribution in [-0.2, 0) is 44.2 Å². The molecular weight excluding hydrogens is 690 g/mol. The highest BCUT2D eigenvalue weighted by Crippen LogP contribution is 2.57. The quantitative estimate of drug-likeness (QED) is 0.0552. The molecule has 0 bridgehead atoms. The summed E-state index contributed by atoms with van der Waals surface area (Å²) in [5, 5.41) is 56.0. The average Bonchev–Trinajstić information content (AvgIpc) is 2.95. The molecule has 3 heterocycles. The fourth-order valence-corrected chi connectivity index (χ4v) is 9.28. The van der Waals surface area contributed by atoms with E-state index in [1.807, 2.05) is 0 Å². The Bertz CT molecular complexity index is 1470. The lowest BCUT2D eigenvalue weighted by Crippen LogP contribution is -2.83. The summed E-state index contributed by atoms with van der Waals surface area (Å²) in [7, 11) is -9.71. The number of hydrogen-bond donors (Lipinski definition) is 7. The maximum atomic E-state index is 13.4. The lowest BCUT2D eigenvalue weighted by molar-refractivity contribution is -0.711. The number of rotatable bonds is 11. The smallest absolute Gasteiger partial charge is 0.333 e. The van der Waals surface area contributed by atoms with Crippen LogP contribution in [0.4, 0.5) is 0 Å². The van der Waals surface area contributed by atoms with Gasteiger partial charge in [0.05, 0.1) is 24.1 Å². The number of methoxy groups -OCH3 is 1. The Kier molecular flexibility index (Phi) is 10.9. The number of aliphatic carboxylic acids is 1. The molecule has 0 aromatic carbocycles. The van der Waals surface area contributed by atoms with Gasteiger partial charge in [0.2, 0.25) is 5.28 Å². The SMILES string of the molecule is CCC1(C)C(C(=O)O)OC(C)(OC2(C)C(CN3CCN(/[N+]([O-])=N/O)CC3)OC(C)(OC)C(NS(=O)(=O)O)C2S(=O)(=O)O)C(C)(O)C1(C)O. The summed E-state index contributed by atoms with van der Waals surface area (Å²) in [5.41, 5.74) is -9.07. The summed E-state index contributed by atoms with van der Waals surface area (Å²) >= 11 is 0. The summed E-state index contributed by atoms with van der Waals surface area (Å²) < 4.78 is 97.2. The first-order valence-electron chi connectivity index (χ1n) is 14.9. The Labute approximate surface area is 278 Å². The van der Waals surface area contributed by atoms with Crippen LogP contribution < -0.4 is 4.72 Å². The van der Waals surface area contributed by atoms with Crippen LogP contribution in [-0.4, -0.2) is 159 Å². The van der Waals surface area contributed by atoms with Crippen LogP contribution in [0, 0.1) is 10.6 Å². The number of nitrogens with one attached hydrogen (secondary N) is 1. The molecule has 3 saturated heterocycles. The van der Waals surface area contributed by atoms with Crippen LogP contribution in [0.25, 0.3) is 0 Å². The molecule has 0 amide bonds. The summed E-state index contributed by atoms with van der Waals surface area (Å²) in [5.74, 6) is -6.45. The van der Waals surface area contributed by atoms with Gasteiger partial charge in [-0.05, 0) is 41.0 Å². The third-order valence-corrected chi connectivity index (χ3v) is 12.7. The third-order valence-electron chi connectivity index (χ3n) is 10.8. The number of nitrogens with zero attached hydrogens (tertiary/aromatic N) is 4. The van der Waals surface area contributed by atoms with Gasteiger partial charge in [0.25, 0.3) is 10.1 Å². The highest BCUT2D eigenvalue weighted by molar-refractivity contribution is 7.86.